The van der Waals surface area contributed by atoms with Gasteiger partial charge in [0, 0.05) is 12.6 Å². The van der Waals surface area contributed by atoms with E-state index >= 15 is 0 Å². The van der Waals surface area contributed by atoms with E-state index in [9.17, 15) is 17.6 Å². The zero-order valence-electron chi connectivity index (χ0n) is 12.0. The number of primary sulfonamides is 1. The minimum atomic E-state index is -4.08. The molecule has 1 aromatic rings. The van der Waals surface area contributed by atoms with Crippen LogP contribution in [-0.4, -0.2) is 31.8 Å². The van der Waals surface area contributed by atoms with Gasteiger partial charge in [-0.15, -0.1) is 0 Å². The minimum absolute atomic E-state index is 0.0159. The second-order valence-electron chi connectivity index (χ2n) is 5.66. The normalized spacial score (nSPS) is 23.1. The fraction of sp³-hybridized carbons (Fsp3) is 0.500. The molecule has 2 atom stereocenters. The molecule has 21 heavy (non-hydrogen) atoms. The molecule has 1 amide bonds. The summed E-state index contributed by atoms with van der Waals surface area (Å²) in [5.74, 6) is -0.643. The molecule has 0 radical (unpaired) electrons. The van der Waals surface area contributed by atoms with E-state index in [0.29, 0.717) is 12.5 Å². The topological polar surface area (TPSA) is 80.5 Å². The number of hydrogen-bond donors (Lipinski definition) is 1. The molecule has 1 fully saturated rings. The standard InChI is InChI=1S/C14H19FN2O3S/c1-9-5-6-17(10(2)7-9)14(18)12-8-11(15)3-4-13(12)21(16,19)20/h3-4,8-10H,5-7H2,1-2H3,(H2,16,19,20). The predicted molar refractivity (Wildman–Crippen MR) is 76.7 cm³/mol. The molecule has 1 saturated heterocycles. The van der Waals surface area contributed by atoms with E-state index in [1.54, 1.807) is 4.90 Å². The van der Waals surface area contributed by atoms with Crippen molar-refractivity contribution in [3.05, 3.63) is 29.6 Å². The van der Waals surface area contributed by atoms with E-state index in [2.05, 4.69) is 6.92 Å². The lowest BCUT2D eigenvalue weighted by atomic mass is 9.93. The van der Waals surface area contributed by atoms with Crippen LogP contribution in [0.4, 0.5) is 4.39 Å². The second kappa shape index (κ2) is 5.73. The van der Waals surface area contributed by atoms with Gasteiger partial charge in [0.25, 0.3) is 5.91 Å². The number of nitrogens with two attached hydrogens (primary N) is 1. The van der Waals surface area contributed by atoms with Crippen LogP contribution < -0.4 is 5.14 Å². The molecule has 0 bridgehead atoms. The highest BCUT2D eigenvalue weighted by atomic mass is 32.2. The van der Waals surface area contributed by atoms with Gasteiger partial charge in [-0.05, 0) is 43.9 Å². The third kappa shape index (κ3) is 3.41. The van der Waals surface area contributed by atoms with E-state index in [1.165, 1.54) is 0 Å². The van der Waals surface area contributed by atoms with Gasteiger partial charge >= 0.3 is 0 Å². The zero-order valence-corrected chi connectivity index (χ0v) is 12.9. The van der Waals surface area contributed by atoms with Crippen molar-refractivity contribution < 1.29 is 17.6 Å². The van der Waals surface area contributed by atoms with Crippen LogP contribution in [0.5, 0.6) is 0 Å². The first-order chi connectivity index (χ1) is 9.70. The average Bonchev–Trinajstić information content (AvgIpc) is 2.36. The molecular weight excluding hydrogens is 295 g/mol. The summed E-state index contributed by atoms with van der Waals surface area (Å²) in [5, 5.41) is 5.11. The van der Waals surface area contributed by atoms with Crippen LogP contribution in [0.25, 0.3) is 0 Å². The maximum atomic E-state index is 13.4. The van der Waals surface area contributed by atoms with Crippen molar-refractivity contribution in [3.8, 4) is 0 Å². The lowest BCUT2D eigenvalue weighted by Gasteiger charge is -2.36. The van der Waals surface area contributed by atoms with Crippen molar-refractivity contribution in [2.75, 3.05) is 6.54 Å². The molecule has 1 heterocycles. The number of piperidine rings is 1. The van der Waals surface area contributed by atoms with Crippen molar-refractivity contribution in [1.29, 1.82) is 0 Å². The molecular formula is C14H19FN2O3S. The molecule has 2 N–H and O–H groups in total. The number of likely N-dealkylation sites (tertiary alicyclic amines) is 1. The zero-order chi connectivity index (χ0) is 15.8. The van der Waals surface area contributed by atoms with Gasteiger partial charge in [0.1, 0.15) is 5.82 Å². The van der Waals surface area contributed by atoms with Gasteiger partial charge in [-0.1, -0.05) is 6.92 Å². The van der Waals surface area contributed by atoms with E-state index in [-0.39, 0.29) is 16.5 Å². The number of benzene rings is 1. The number of carbonyl (C=O) groups excluding carboxylic acids is 1. The molecule has 0 saturated carbocycles. The van der Waals surface area contributed by atoms with Gasteiger partial charge < -0.3 is 4.90 Å². The highest BCUT2D eigenvalue weighted by Gasteiger charge is 2.30. The van der Waals surface area contributed by atoms with Crippen molar-refractivity contribution in [3.63, 3.8) is 0 Å². The van der Waals surface area contributed by atoms with Crippen LogP contribution in [-0.2, 0) is 10.0 Å². The maximum absolute atomic E-state index is 13.4. The molecule has 1 aromatic carbocycles. The Morgan fingerprint density at radius 2 is 2.05 bits per heavy atom. The van der Waals surface area contributed by atoms with Crippen LogP contribution in [0.3, 0.4) is 0 Å². The van der Waals surface area contributed by atoms with Gasteiger partial charge in [-0.3, -0.25) is 4.79 Å². The summed E-state index contributed by atoms with van der Waals surface area (Å²) in [4.78, 5) is 13.8. The van der Waals surface area contributed by atoms with E-state index < -0.39 is 21.7 Å². The Kier molecular flexibility index (Phi) is 4.34. The number of sulfonamides is 1. The summed E-state index contributed by atoms with van der Waals surface area (Å²) in [7, 11) is -4.08. The summed E-state index contributed by atoms with van der Waals surface area (Å²) < 4.78 is 36.6. The van der Waals surface area contributed by atoms with Crippen molar-refractivity contribution >= 4 is 15.9 Å². The third-order valence-corrected chi connectivity index (χ3v) is 4.85. The molecule has 2 rings (SSSR count). The lowest BCUT2D eigenvalue weighted by molar-refractivity contribution is 0.0584. The number of hydrogen-bond acceptors (Lipinski definition) is 3. The van der Waals surface area contributed by atoms with Crippen LogP contribution in [0.1, 0.15) is 37.0 Å². The van der Waals surface area contributed by atoms with E-state index in [4.69, 9.17) is 5.14 Å². The molecule has 7 heteroatoms. The third-order valence-electron chi connectivity index (χ3n) is 3.88. The highest BCUT2D eigenvalue weighted by Crippen LogP contribution is 2.26. The van der Waals surface area contributed by atoms with Crippen molar-refractivity contribution in [2.45, 2.75) is 37.6 Å². The number of amides is 1. The first-order valence-electron chi connectivity index (χ1n) is 6.83. The van der Waals surface area contributed by atoms with Gasteiger partial charge in [0.05, 0.1) is 10.5 Å². The highest BCUT2D eigenvalue weighted by molar-refractivity contribution is 7.89. The fourth-order valence-corrected chi connectivity index (χ4v) is 3.49. The number of carbonyl (C=O) groups is 1. The first-order valence-corrected chi connectivity index (χ1v) is 8.38. The van der Waals surface area contributed by atoms with Crippen molar-refractivity contribution in [2.24, 2.45) is 11.1 Å². The Morgan fingerprint density at radius 1 is 1.38 bits per heavy atom. The Morgan fingerprint density at radius 3 is 2.62 bits per heavy atom. The molecule has 1 aliphatic rings. The summed E-state index contributed by atoms with van der Waals surface area (Å²) >= 11 is 0. The molecule has 0 aliphatic carbocycles. The largest absolute Gasteiger partial charge is 0.336 e. The van der Waals surface area contributed by atoms with Gasteiger partial charge in [0.15, 0.2) is 0 Å². The predicted octanol–water partition coefficient (Wildman–Crippen LogP) is 1.73. The SMILES string of the molecule is CC1CCN(C(=O)c2cc(F)ccc2S(N)(=O)=O)C(C)C1. The van der Waals surface area contributed by atoms with Crippen LogP contribution in [0, 0.1) is 11.7 Å². The summed E-state index contributed by atoms with van der Waals surface area (Å²) in [6, 6.07) is 2.94. The Balaban J connectivity index is 2.41. The molecule has 1 aliphatic heterocycles. The Hall–Kier alpha value is -1.47. The van der Waals surface area contributed by atoms with Crippen LogP contribution >= 0.6 is 0 Å². The van der Waals surface area contributed by atoms with Crippen molar-refractivity contribution in [1.82, 2.24) is 4.90 Å². The monoisotopic (exact) mass is 314 g/mol. The summed E-state index contributed by atoms with van der Waals surface area (Å²) in [6.45, 7) is 4.54. The molecule has 116 valence electrons. The Bertz CT molecular complexity index is 660. The van der Waals surface area contributed by atoms with Crippen LogP contribution in [0.2, 0.25) is 0 Å². The van der Waals surface area contributed by atoms with E-state index in [0.717, 1.165) is 31.0 Å². The number of rotatable bonds is 2. The molecule has 2 unspecified atom stereocenters. The summed E-state index contributed by atoms with van der Waals surface area (Å²) in [6.07, 6.45) is 1.68. The summed E-state index contributed by atoms with van der Waals surface area (Å²) in [5.41, 5.74) is -0.195. The number of nitrogens with zero attached hydrogens (tertiary/aromatic N) is 1. The molecule has 0 spiro atoms. The van der Waals surface area contributed by atoms with Gasteiger partial charge in [-0.25, -0.2) is 17.9 Å². The van der Waals surface area contributed by atoms with Crippen LogP contribution in [0.15, 0.2) is 23.1 Å². The lowest BCUT2D eigenvalue weighted by Crippen LogP contribution is -2.44. The number of halogens is 1. The quantitative estimate of drug-likeness (QED) is 0.902. The molecule has 5 nitrogen and oxygen atoms in total. The first kappa shape index (κ1) is 15.9. The minimum Gasteiger partial charge on any atom is -0.336 e. The average molecular weight is 314 g/mol. The van der Waals surface area contributed by atoms with Gasteiger partial charge in [-0.2, -0.15) is 0 Å². The van der Waals surface area contributed by atoms with E-state index in [1.807, 2.05) is 6.92 Å². The van der Waals surface area contributed by atoms with Gasteiger partial charge in [0.2, 0.25) is 10.0 Å². The smallest absolute Gasteiger partial charge is 0.255 e. The fourth-order valence-electron chi connectivity index (χ4n) is 2.78. The second-order valence-corrected chi connectivity index (χ2v) is 7.19. The maximum Gasteiger partial charge on any atom is 0.255 e. The Labute approximate surface area is 124 Å². The molecule has 0 aromatic heterocycles.